The second-order valence-corrected chi connectivity index (χ2v) is 10.8. The maximum atomic E-state index is 13.8. The number of halogens is 3. The molecule has 4 nitrogen and oxygen atoms in total. The highest BCUT2D eigenvalue weighted by molar-refractivity contribution is 7.07. The van der Waals surface area contributed by atoms with E-state index >= 15 is 0 Å². The van der Waals surface area contributed by atoms with Crippen LogP contribution in [0.2, 0.25) is 0 Å². The number of thiazole rings is 1. The Bertz CT molecular complexity index is 1980. The molecular weight excluding hydrogens is 533 g/mol. The normalized spacial score (nSPS) is 16.8. The molecule has 2 aliphatic rings. The van der Waals surface area contributed by atoms with Gasteiger partial charge >= 0.3 is 6.18 Å². The van der Waals surface area contributed by atoms with Gasteiger partial charge in [-0.1, -0.05) is 78.1 Å². The molecule has 2 aromatic heterocycles. The van der Waals surface area contributed by atoms with Gasteiger partial charge in [0.2, 0.25) is 0 Å². The third kappa shape index (κ3) is 4.16. The zero-order valence-electron chi connectivity index (χ0n) is 21.0. The van der Waals surface area contributed by atoms with Gasteiger partial charge in [0.15, 0.2) is 4.80 Å². The van der Waals surface area contributed by atoms with Gasteiger partial charge in [-0.15, -0.1) is 0 Å². The van der Waals surface area contributed by atoms with Gasteiger partial charge in [-0.3, -0.25) is 9.36 Å². The molecule has 198 valence electrons. The van der Waals surface area contributed by atoms with Crippen LogP contribution in [0.25, 0.3) is 23.1 Å². The van der Waals surface area contributed by atoms with Gasteiger partial charge in [0.05, 0.1) is 21.8 Å². The fourth-order valence-corrected chi connectivity index (χ4v) is 6.50. The van der Waals surface area contributed by atoms with Gasteiger partial charge in [-0.25, -0.2) is 4.99 Å². The Morgan fingerprint density at radius 3 is 2.55 bits per heavy atom. The molecule has 3 heterocycles. The van der Waals surface area contributed by atoms with E-state index in [2.05, 4.69) is 12.1 Å². The van der Waals surface area contributed by atoms with E-state index in [0.717, 1.165) is 47.4 Å². The Kier molecular flexibility index (Phi) is 5.75. The van der Waals surface area contributed by atoms with Gasteiger partial charge in [-0.05, 0) is 53.8 Å². The summed E-state index contributed by atoms with van der Waals surface area (Å²) in [5.41, 5.74) is 4.78. The molecule has 5 aromatic rings. The van der Waals surface area contributed by atoms with Crippen LogP contribution in [0.1, 0.15) is 40.5 Å². The minimum atomic E-state index is -4.45. The minimum absolute atomic E-state index is 0.181. The van der Waals surface area contributed by atoms with E-state index in [1.54, 1.807) is 28.8 Å². The molecule has 1 atom stereocenters. The first-order chi connectivity index (χ1) is 19.4. The first-order valence-electron chi connectivity index (χ1n) is 12.8. The lowest BCUT2D eigenvalue weighted by molar-refractivity contribution is -0.137. The predicted molar refractivity (Wildman–Crippen MR) is 148 cm³/mol. The molecule has 0 spiro atoms. The monoisotopic (exact) mass is 554 g/mol. The van der Waals surface area contributed by atoms with Crippen molar-refractivity contribution in [1.29, 1.82) is 0 Å². The van der Waals surface area contributed by atoms with Crippen LogP contribution in [0.15, 0.2) is 111 Å². The van der Waals surface area contributed by atoms with E-state index in [-0.39, 0.29) is 11.6 Å². The van der Waals surface area contributed by atoms with Gasteiger partial charge in [0, 0.05) is 17.2 Å². The largest absolute Gasteiger partial charge is 0.457 e. The fraction of sp³-hybridized carbons (Fsp3) is 0.125. The molecule has 3 aromatic carbocycles. The molecule has 40 heavy (non-hydrogen) atoms. The Balaban J connectivity index is 1.36. The first kappa shape index (κ1) is 24.6. The molecule has 0 radical (unpaired) electrons. The summed E-state index contributed by atoms with van der Waals surface area (Å²) in [5, 5.41) is 0. The van der Waals surface area contributed by atoms with Gasteiger partial charge in [-0.2, -0.15) is 13.2 Å². The van der Waals surface area contributed by atoms with E-state index in [9.17, 15) is 18.0 Å². The van der Waals surface area contributed by atoms with Crippen molar-refractivity contribution in [1.82, 2.24) is 4.57 Å². The quantitative estimate of drug-likeness (QED) is 0.252. The smallest absolute Gasteiger partial charge is 0.416 e. The van der Waals surface area contributed by atoms with Crippen molar-refractivity contribution >= 4 is 23.1 Å². The Labute approximate surface area is 230 Å². The van der Waals surface area contributed by atoms with Gasteiger partial charge in [0.25, 0.3) is 5.56 Å². The van der Waals surface area contributed by atoms with Crippen LogP contribution in [0.5, 0.6) is 0 Å². The predicted octanol–water partition coefficient (Wildman–Crippen LogP) is 6.60. The van der Waals surface area contributed by atoms with Crippen molar-refractivity contribution in [3.05, 3.63) is 144 Å². The summed E-state index contributed by atoms with van der Waals surface area (Å²) in [6.07, 6.45) is -1.13. The van der Waals surface area contributed by atoms with E-state index < -0.39 is 11.7 Å². The van der Waals surface area contributed by atoms with Crippen LogP contribution >= 0.6 is 11.3 Å². The number of hydrogen-bond donors (Lipinski definition) is 0. The topological polar surface area (TPSA) is 47.5 Å². The number of aryl methyl sites for hydroxylation is 1. The highest BCUT2D eigenvalue weighted by atomic mass is 32.1. The summed E-state index contributed by atoms with van der Waals surface area (Å²) < 4.78 is 47.7. The van der Waals surface area contributed by atoms with Crippen LogP contribution in [-0.4, -0.2) is 4.57 Å². The second-order valence-electron chi connectivity index (χ2n) is 9.80. The Morgan fingerprint density at radius 1 is 0.925 bits per heavy atom. The lowest BCUT2D eigenvalue weighted by atomic mass is 9.83. The van der Waals surface area contributed by atoms with Crippen LogP contribution in [0.3, 0.4) is 0 Å². The van der Waals surface area contributed by atoms with Crippen molar-refractivity contribution in [2.75, 3.05) is 0 Å². The molecule has 0 saturated carbocycles. The number of hydrogen-bond acceptors (Lipinski definition) is 4. The van der Waals surface area contributed by atoms with Gasteiger partial charge < -0.3 is 4.42 Å². The van der Waals surface area contributed by atoms with Crippen LogP contribution in [0.4, 0.5) is 13.2 Å². The lowest BCUT2D eigenvalue weighted by Crippen LogP contribution is -2.38. The summed E-state index contributed by atoms with van der Waals surface area (Å²) in [6, 6.07) is 26.2. The van der Waals surface area contributed by atoms with Crippen molar-refractivity contribution < 1.29 is 17.6 Å². The Hall–Kier alpha value is -4.43. The van der Waals surface area contributed by atoms with E-state index in [1.165, 1.54) is 23.0 Å². The lowest BCUT2D eigenvalue weighted by Gasteiger charge is -2.30. The minimum Gasteiger partial charge on any atom is -0.457 e. The maximum Gasteiger partial charge on any atom is 0.416 e. The molecule has 0 unspecified atom stereocenters. The third-order valence-corrected chi connectivity index (χ3v) is 8.35. The molecule has 7 rings (SSSR count). The van der Waals surface area contributed by atoms with Gasteiger partial charge in [0.1, 0.15) is 11.5 Å². The van der Waals surface area contributed by atoms with Crippen LogP contribution < -0.4 is 14.9 Å². The molecule has 0 saturated heterocycles. The van der Waals surface area contributed by atoms with Crippen LogP contribution in [-0.2, 0) is 12.6 Å². The molecule has 0 amide bonds. The molecular formula is C32H21F3N2O2S. The highest BCUT2D eigenvalue weighted by Crippen LogP contribution is 2.41. The number of nitrogens with zero attached hydrogens (tertiary/aromatic N) is 2. The number of benzene rings is 3. The standard InChI is InChI=1S/C32H21F3N2O2S/c33-32(34,35)22-11-6-10-21(17-22)26-16-14-23(39-26)18-27-30(38)37-29(20-8-2-1-3-9-20)25-15-13-19-7-4-5-12-24(19)28(25)36-31(37)40-27/h1-12,14,16-18,29H,13,15H2/b27-18-/t29-/m0/s1. The summed E-state index contributed by atoms with van der Waals surface area (Å²) in [5.74, 6) is 0.669. The highest BCUT2D eigenvalue weighted by Gasteiger charge is 2.33. The maximum absolute atomic E-state index is 13.8. The van der Waals surface area contributed by atoms with Crippen LogP contribution in [0, 0.1) is 0 Å². The molecule has 0 bridgehead atoms. The summed E-state index contributed by atoms with van der Waals surface area (Å²) in [6.45, 7) is 0. The van der Waals surface area contributed by atoms with E-state index in [1.807, 2.05) is 42.5 Å². The number of fused-ring (bicyclic) bond motifs is 3. The molecule has 0 fully saturated rings. The fourth-order valence-electron chi connectivity index (χ4n) is 5.52. The molecule has 0 N–H and O–H groups in total. The molecule has 1 aliphatic heterocycles. The Morgan fingerprint density at radius 2 is 1.73 bits per heavy atom. The van der Waals surface area contributed by atoms with Crippen molar-refractivity contribution in [3.63, 3.8) is 0 Å². The van der Waals surface area contributed by atoms with E-state index in [0.29, 0.717) is 26.4 Å². The zero-order valence-corrected chi connectivity index (χ0v) is 21.8. The van der Waals surface area contributed by atoms with Crippen molar-refractivity contribution in [2.24, 2.45) is 4.99 Å². The number of furan rings is 1. The second kappa shape index (κ2) is 9.34. The molecule has 8 heteroatoms. The van der Waals surface area contributed by atoms with E-state index in [4.69, 9.17) is 9.41 Å². The van der Waals surface area contributed by atoms with Crippen molar-refractivity contribution in [2.45, 2.75) is 25.1 Å². The summed E-state index contributed by atoms with van der Waals surface area (Å²) >= 11 is 1.28. The zero-order chi connectivity index (χ0) is 27.4. The van der Waals surface area contributed by atoms with Crippen molar-refractivity contribution in [3.8, 4) is 11.3 Å². The number of aromatic nitrogens is 1. The number of rotatable bonds is 3. The average molecular weight is 555 g/mol. The number of allylic oxidation sites excluding steroid dienone is 1. The summed E-state index contributed by atoms with van der Waals surface area (Å²) in [4.78, 5) is 19.4. The summed E-state index contributed by atoms with van der Waals surface area (Å²) in [7, 11) is 0. The SMILES string of the molecule is O=c1/c(=C/c2ccc(-c3cccc(C(F)(F)F)c3)o2)sc2n1[C@@H](c1ccccc1)C1=C(N=2)c2ccccc2CC1. The first-order valence-corrected chi connectivity index (χ1v) is 13.6. The average Bonchev–Trinajstić information content (AvgIpc) is 3.56. The molecule has 1 aliphatic carbocycles. The number of alkyl halides is 3. The third-order valence-electron chi connectivity index (χ3n) is 7.36.